The predicted octanol–water partition coefficient (Wildman–Crippen LogP) is -3.52. The molecule has 4 saturated carbocycles. The fourth-order valence-corrected chi connectivity index (χ4v) is 13.4. The molecule has 0 bridgehead atoms. The van der Waals surface area contributed by atoms with Crippen molar-refractivity contribution in [1.82, 2.24) is 0 Å². The number of carbonyl (C=O) groups excluding carboxylic acids is 1. The third kappa shape index (κ3) is 7.58. The summed E-state index contributed by atoms with van der Waals surface area (Å²) in [6.07, 6.45) is -12.2. The second-order valence-electron chi connectivity index (χ2n) is 20.6. The Balaban J connectivity index is 0.00000256. The van der Waals surface area contributed by atoms with Crippen molar-refractivity contribution in [1.29, 1.82) is 0 Å². The maximum absolute atomic E-state index is 14.8. The van der Waals surface area contributed by atoms with E-state index >= 15 is 0 Å². The summed E-state index contributed by atoms with van der Waals surface area (Å²) in [4.78, 5) is 51.3. The van der Waals surface area contributed by atoms with E-state index in [1.165, 1.54) is 0 Å². The van der Waals surface area contributed by atoms with Gasteiger partial charge in [0.1, 0.15) is 36.6 Å². The van der Waals surface area contributed by atoms with Gasteiger partial charge in [-0.3, -0.25) is 9.59 Å². The van der Waals surface area contributed by atoms with Crippen LogP contribution in [0.15, 0.2) is 11.6 Å². The van der Waals surface area contributed by atoms with Crippen LogP contribution in [0.4, 0.5) is 0 Å². The summed E-state index contributed by atoms with van der Waals surface area (Å²) in [7, 11) is 0. The number of carbonyl (C=O) groups is 4. The average molecular weight is 871 g/mol. The van der Waals surface area contributed by atoms with Crippen molar-refractivity contribution >= 4 is 23.7 Å². The molecule has 5 aliphatic carbocycles. The van der Waals surface area contributed by atoms with E-state index in [0.717, 1.165) is 37.7 Å². The van der Waals surface area contributed by atoms with Gasteiger partial charge in [0.05, 0.1) is 11.5 Å². The largest absolute Gasteiger partial charge is 1.00 e. The van der Waals surface area contributed by atoms with E-state index in [2.05, 4.69) is 27.7 Å². The molecule has 7 rings (SSSR count). The molecule has 0 aromatic carbocycles. The number of hydrogen-bond donors (Lipinski definition) is 8. The van der Waals surface area contributed by atoms with E-state index in [1.54, 1.807) is 0 Å². The third-order valence-corrected chi connectivity index (χ3v) is 17.2. The van der Waals surface area contributed by atoms with Crippen molar-refractivity contribution in [3.63, 3.8) is 0 Å². The zero-order chi connectivity index (χ0) is 42.9. The smallest absolute Gasteiger partial charge is 1.00 e. The molecule has 0 amide bonds. The molecular formula is C42H64Na2O16. The number of carboxylic acid groups (broad SMARTS) is 3. The maximum atomic E-state index is 14.8. The van der Waals surface area contributed by atoms with Crippen LogP contribution in [0, 0.1) is 50.2 Å². The van der Waals surface area contributed by atoms with Crippen molar-refractivity contribution < 1.29 is 141 Å². The van der Waals surface area contributed by atoms with E-state index in [4.69, 9.17) is 18.9 Å². The Bertz CT molecular complexity index is 1760. The molecule has 0 radical (unpaired) electrons. The molecular weight excluding hydrogens is 806 g/mol. The number of carboxylic acids is 3. The number of aliphatic hydroxyl groups is 5. The van der Waals surface area contributed by atoms with Crippen molar-refractivity contribution in [2.75, 3.05) is 0 Å². The Kier molecular flexibility index (Phi) is 14.3. The molecule has 2 saturated heterocycles. The standard InChI is InChI=1S/C42H62O16.2Na.2H/c1-37(2)21-8-11-42(7)31(20(43)16-18-19-17-39(4,36(53)54)13-12-38(19,3)14-15-41(18,42)6)40(21,5)10-9-22(37)55-35-30(26(47)25(46)29(57-35)33(51)52)58-34-27(48)23(44)24(45)28(56-34)32(49)50;;;;/h16,19,21-31,34-35,44-48H,8-15,17H2,1-7H3,(H,49,50)(H,51,52)(H,53,54);;;;/q;2*+1;2*-1/t19-,21-,22-,23-,24-,25-,26-,27+,28-,29-,30+,31+,34-,35-,38+,39-,40-,41+,42+;;;;/m0..../s1. The van der Waals surface area contributed by atoms with Gasteiger partial charge in [-0.25, -0.2) is 9.59 Å². The third-order valence-electron chi connectivity index (χ3n) is 17.2. The van der Waals surface area contributed by atoms with Gasteiger partial charge < -0.3 is 62.7 Å². The topological polar surface area (TPSA) is 267 Å². The number of hydrogen-bond acceptors (Lipinski definition) is 13. The molecule has 0 aromatic rings. The van der Waals surface area contributed by atoms with Crippen LogP contribution in [0.25, 0.3) is 0 Å². The zero-order valence-electron chi connectivity index (χ0n) is 38.4. The molecule has 16 nitrogen and oxygen atoms in total. The molecule has 7 aliphatic rings. The van der Waals surface area contributed by atoms with Gasteiger partial charge in [0.2, 0.25) is 0 Å². The first-order chi connectivity index (χ1) is 26.8. The van der Waals surface area contributed by atoms with Gasteiger partial charge in [-0.15, -0.1) is 0 Å². The van der Waals surface area contributed by atoms with Crippen LogP contribution in [0.2, 0.25) is 0 Å². The van der Waals surface area contributed by atoms with Crippen molar-refractivity contribution in [3.8, 4) is 0 Å². The van der Waals surface area contributed by atoms with E-state index in [1.807, 2.05) is 26.8 Å². The Morgan fingerprint density at radius 3 is 1.85 bits per heavy atom. The van der Waals surface area contributed by atoms with Gasteiger partial charge in [0, 0.05) is 5.92 Å². The summed E-state index contributed by atoms with van der Waals surface area (Å²) in [6.45, 7) is 14.8. The molecule has 0 unspecified atom stereocenters. The van der Waals surface area contributed by atoms with Crippen molar-refractivity contribution in [2.45, 2.75) is 174 Å². The van der Waals surface area contributed by atoms with Crippen molar-refractivity contribution in [3.05, 3.63) is 11.6 Å². The number of allylic oxidation sites excluding steroid dienone is 2. The minimum atomic E-state index is -2.05. The van der Waals surface area contributed by atoms with Gasteiger partial charge in [-0.1, -0.05) is 47.1 Å². The first-order valence-electron chi connectivity index (χ1n) is 20.7. The fourth-order valence-electron chi connectivity index (χ4n) is 13.4. The number of aliphatic carboxylic acids is 3. The summed E-state index contributed by atoms with van der Waals surface area (Å²) < 4.78 is 23.4. The molecule has 0 aromatic heterocycles. The van der Waals surface area contributed by atoms with Gasteiger partial charge in [-0.05, 0) is 110 Å². The van der Waals surface area contributed by atoms with Crippen LogP contribution in [0.5, 0.6) is 0 Å². The quantitative estimate of drug-likeness (QED) is 0.0911. The van der Waals surface area contributed by atoms with Gasteiger partial charge in [-0.2, -0.15) is 0 Å². The minimum absolute atomic E-state index is 0. The van der Waals surface area contributed by atoms with E-state index < -0.39 is 107 Å². The zero-order valence-corrected chi connectivity index (χ0v) is 40.4. The van der Waals surface area contributed by atoms with Gasteiger partial charge in [0.25, 0.3) is 0 Å². The van der Waals surface area contributed by atoms with E-state index in [0.29, 0.717) is 25.7 Å². The Hall–Kier alpha value is -0.540. The predicted molar refractivity (Wildman–Crippen MR) is 202 cm³/mol. The van der Waals surface area contributed by atoms with Gasteiger partial charge in [0.15, 0.2) is 30.6 Å². The van der Waals surface area contributed by atoms with Crippen LogP contribution in [0.1, 0.15) is 109 Å². The Morgan fingerprint density at radius 1 is 0.700 bits per heavy atom. The molecule has 19 atom stereocenters. The molecule has 6 fully saturated rings. The van der Waals surface area contributed by atoms with E-state index in [9.17, 15) is 60.0 Å². The van der Waals surface area contributed by atoms with Crippen LogP contribution >= 0.6 is 0 Å². The van der Waals surface area contributed by atoms with Crippen LogP contribution in [-0.2, 0) is 38.1 Å². The van der Waals surface area contributed by atoms with Crippen LogP contribution < -0.4 is 59.1 Å². The second-order valence-corrected chi connectivity index (χ2v) is 20.6. The average Bonchev–Trinajstić information content (AvgIpc) is 3.13. The molecule has 0 spiro atoms. The first kappa shape index (κ1) is 50.5. The Morgan fingerprint density at radius 2 is 1.27 bits per heavy atom. The number of rotatable bonds is 7. The summed E-state index contributed by atoms with van der Waals surface area (Å²) in [5.41, 5.74) is -1.81. The normalized spacial score (nSPS) is 50.8. The molecule has 2 heterocycles. The van der Waals surface area contributed by atoms with E-state index in [-0.39, 0.29) is 96.3 Å². The number of fused-ring (bicyclic) bond motifs is 7. The second kappa shape index (κ2) is 17.0. The summed E-state index contributed by atoms with van der Waals surface area (Å²) in [5, 5.41) is 83.0. The molecule has 2 aliphatic heterocycles. The molecule has 330 valence electrons. The molecule has 8 N–H and O–H groups in total. The van der Waals surface area contributed by atoms with Crippen molar-refractivity contribution in [2.24, 2.45) is 50.2 Å². The number of ether oxygens (including phenoxy) is 4. The van der Waals surface area contributed by atoms with Crippen LogP contribution in [0.3, 0.4) is 0 Å². The minimum Gasteiger partial charge on any atom is -1.00 e. The van der Waals surface area contributed by atoms with Gasteiger partial charge >= 0.3 is 77.0 Å². The fraction of sp³-hybridized carbons (Fsp3) is 0.857. The monoisotopic (exact) mass is 870 g/mol. The first-order valence-corrected chi connectivity index (χ1v) is 20.7. The summed E-state index contributed by atoms with van der Waals surface area (Å²) >= 11 is 0. The number of aliphatic hydroxyl groups excluding tert-OH is 5. The Labute approximate surface area is 397 Å². The maximum Gasteiger partial charge on any atom is 1.00 e. The number of ketones is 1. The summed E-state index contributed by atoms with van der Waals surface area (Å²) in [5.74, 6) is -4.47. The SMILES string of the molecule is CC1(C)[C@@H](O[C@H]2O[C@H](C(=O)O)[C@@H](O)[C@H](O)[C@H]2O[C@@H]2O[C@H](C(=O)O)[C@@H](O)[C@H](O)[C@H]2O)CC[C@]2(C)[C@H]3C(=O)C=C4[C@@H]5C[C@@](C)(C(=O)O)CC[C@]5(C)CC[C@@]4(C)[C@]3(C)CC[C@@H]12.[H-].[H-].[Na+].[Na+]. The molecule has 60 heavy (non-hydrogen) atoms. The van der Waals surface area contributed by atoms with Crippen LogP contribution in [-0.4, -0.2) is 132 Å². The molecule has 18 heteroatoms. The summed E-state index contributed by atoms with van der Waals surface area (Å²) in [6, 6.07) is 0.